The zero-order valence-electron chi connectivity index (χ0n) is 7.37. The van der Waals surface area contributed by atoms with Crippen LogP contribution in [0.15, 0.2) is 42.5 Å². The second kappa shape index (κ2) is 6.66. The van der Waals surface area contributed by atoms with Gasteiger partial charge in [-0.2, -0.15) is 0 Å². The maximum absolute atomic E-state index is 3.22. The normalized spacial score (nSPS) is 18.7. The fraction of sp³-hybridized carbons (Fsp3) is 0.333. The van der Waals surface area contributed by atoms with Crippen molar-refractivity contribution in [3.8, 4) is 0 Å². The van der Waals surface area contributed by atoms with Crippen LogP contribution in [0.25, 0.3) is 0 Å². The molecule has 0 saturated heterocycles. The summed E-state index contributed by atoms with van der Waals surface area (Å²) in [6, 6.07) is 0. The summed E-state index contributed by atoms with van der Waals surface area (Å²) < 4.78 is 0. The van der Waals surface area contributed by atoms with Crippen LogP contribution in [0.4, 0.5) is 0 Å². The minimum Gasteiger partial charge on any atom is -0.0879 e. The van der Waals surface area contributed by atoms with Gasteiger partial charge < -0.3 is 0 Å². The van der Waals surface area contributed by atoms with Crippen LogP contribution in [0, 0.1) is 6.08 Å². The van der Waals surface area contributed by atoms with Crippen molar-refractivity contribution >= 4 is 0 Å². The van der Waals surface area contributed by atoms with E-state index in [1.165, 1.54) is 0 Å². The van der Waals surface area contributed by atoms with Gasteiger partial charge in [0.05, 0.1) is 0 Å². The molecular weight excluding hydrogens is 144 g/mol. The molecule has 1 radical (unpaired) electrons. The van der Waals surface area contributed by atoms with Gasteiger partial charge >= 0.3 is 0 Å². The SMILES string of the molecule is [C]1=CCC=CC=CCCC=CC1. The maximum Gasteiger partial charge on any atom is -0.00978 e. The Hall–Kier alpha value is -1.04. The molecule has 0 amide bonds. The molecule has 0 aromatic rings. The molecule has 0 aromatic heterocycles. The Labute approximate surface area is 75.0 Å². The van der Waals surface area contributed by atoms with E-state index in [4.69, 9.17) is 0 Å². The third-order valence-electron chi connectivity index (χ3n) is 1.68. The standard InChI is InChI=1S/C12H15/c1-2-4-6-8-10-12-11-9-7-5-3-1/h1-4,7,10,12H,5-6,8,11H2. The predicted octanol–water partition coefficient (Wildman–Crippen LogP) is 3.59. The molecular formula is C12H15. The first-order valence-corrected chi connectivity index (χ1v) is 4.52. The fourth-order valence-corrected chi connectivity index (χ4v) is 1.03. The van der Waals surface area contributed by atoms with Gasteiger partial charge in [0.25, 0.3) is 0 Å². The second-order valence-electron chi connectivity index (χ2n) is 2.75. The van der Waals surface area contributed by atoms with E-state index in [-0.39, 0.29) is 0 Å². The fourth-order valence-electron chi connectivity index (χ4n) is 1.03. The van der Waals surface area contributed by atoms with Crippen LogP contribution in [0.5, 0.6) is 0 Å². The van der Waals surface area contributed by atoms with Crippen molar-refractivity contribution in [2.45, 2.75) is 25.7 Å². The second-order valence-corrected chi connectivity index (χ2v) is 2.75. The van der Waals surface area contributed by atoms with Gasteiger partial charge in [-0.05, 0) is 31.8 Å². The Bertz CT molecular complexity index is 204. The smallest absolute Gasteiger partial charge is 0.00978 e. The molecule has 1 aliphatic rings. The molecule has 1 aliphatic carbocycles. The average Bonchev–Trinajstić information content (AvgIpc) is 2.05. The van der Waals surface area contributed by atoms with Crippen LogP contribution in [0.1, 0.15) is 25.7 Å². The first-order valence-electron chi connectivity index (χ1n) is 4.52. The summed E-state index contributed by atoms with van der Waals surface area (Å²) in [7, 11) is 0. The van der Waals surface area contributed by atoms with Gasteiger partial charge in [-0.25, -0.2) is 0 Å². The molecule has 0 fully saturated rings. The lowest BCUT2D eigenvalue weighted by molar-refractivity contribution is 1.04. The Morgan fingerprint density at radius 3 is 2.67 bits per heavy atom. The molecule has 0 spiro atoms. The van der Waals surface area contributed by atoms with Crippen LogP contribution >= 0.6 is 0 Å². The molecule has 0 saturated carbocycles. The molecule has 0 N–H and O–H groups in total. The number of rotatable bonds is 0. The summed E-state index contributed by atoms with van der Waals surface area (Å²) in [4.78, 5) is 0. The molecule has 63 valence electrons. The van der Waals surface area contributed by atoms with E-state index in [0.717, 1.165) is 25.7 Å². The van der Waals surface area contributed by atoms with Crippen LogP contribution in [-0.4, -0.2) is 0 Å². The lowest BCUT2D eigenvalue weighted by atomic mass is 10.2. The zero-order chi connectivity index (χ0) is 8.49. The van der Waals surface area contributed by atoms with E-state index >= 15 is 0 Å². The summed E-state index contributed by atoms with van der Waals surface area (Å²) in [6.07, 6.45) is 22.5. The Kier molecular flexibility index (Phi) is 5.02. The van der Waals surface area contributed by atoms with Gasteiger partial charge in [-0.15, -0.1) is 0 Å². The van der Waals surface area contributed by atoms with Crippen molar-refractivity contribution in [1.29, 1.82) is 0 Å². The van der Waals surface area contributed by atoms with Crippen molar-refractivity contribution in [2.75, 3.05) is 0 Å². The van der Waals surface area contributed by atoms with Crippen molar-refractivity contribution < 1.29 is 0 Å². The summed E-state index contributed by atoms with van der Waals surface area (Å²) in [6.45, 7) is 0. The molecule has 0 unspecified atom stereocenters. The minimum atomic E-state index is 0.956. The highest BCUT2D eigenvalue weighted by molar-refractivity contribution is 5.05. The van der Waals surface area contributed by atoms with Gasteiger partial charge in [0.2, 0.25) is 0 Å². The minimum absolute atomic E-state index is 0.956. The summed E-state index contributed by atoms with van der Waals surface area (Å²) >= 11 is 0. The highest BCUT2D eigenvalue weighted by Gasteiger charge is 1.78. The van der Waals surface area contributed by atoms with Gasteiger partial charge in [0, 0.05) is 0 Å². The molecule has 0 atom stereocenters. The molecule has 1 rings (SSSR count). The van der Waals surface area contributed by atoms with Gasteiger partial charge in [0.15, 0.2) is 0 Å². The summed E-state index contributed by atoms with van der Waals surface area (Å²) in [5.74, 6) is 0. The van der Waals surface area contributed by atoms with E-state index in [2.05, 4.69) is 48.6 Å². The largest absolute Gasteiger partial charge is 0.0879 e. The van der Waals surface area contributed by atoms with Crippen molar-refractivity contribution in [1.82, 2.24) is 0 Å². The van der Waals surface area contributed by atoms with Crippen molar-refractivity contribution in [2.24, 2.45) is 0 Å². The first kappa shape index (κ1) is 9.05. The summed E-state index contributed by atoms with van der Waals surface area (Å²) in [5.41, 5.74) is 0. The van der Waals surface area contributed by atoms with Crippen molar-refractivity contribution in [3.63, 3.8) is 0 Å². The van der Waals surface area contributed by atoms with E-state index in [9.17, 15) is 0 Å². The van der Waals surface area contributed by atoms with E-state index in [1.54, 1.807) is 0 Å². The zero-order valence-corrected chi connectivity index (χ0v) is 7.37. The van der Waals surface area contributed by atoms with E-state index in [0.29, 0.717) is 0 Å². The van der Waals surface area contributed by atoms with Gasteiger partial charge in [-0.1, -0.05) is 42.5 Å². The van der Waals surface area contributed by atoms with Gasteiger partial charge in [-0.3, -0.25) is 0 Å². The monoisotopic (exact) mass is 159 g/mol. The number of hydrogen-bond acceptors (Lipinski definition) is 0. The van der Waals surface area contributed by atoms with Crippen molar-refractivity contribution in [3.05, 3.63) is 48.6 Å². The molecule has 0 aliphatic heterocycles. The topological polar surface area (TPSA) is 0 Å². The molecule has 0 heteroatoms. The van der Waals surface area contributed by atoms with Crippen LogP contribution in [0.2, 0.25) is 0 Å². The van der Waals surface area contributed by atoms with E-state index in [1.807, 2.05) is 0 Å². The number of hydrogen-bond donors (Lipinski definition) is 0. The Morgan fingerprint density at radius 2 is 1.67 bits per heavy atom. The third kappa shape index (κ3) is 4.73. The molecule has 0 nitrogen and oxygen atoms in total. The third-order valence-corrected chi connectivity index (χ3v) is 1.68. The highest BCUT2D eigenvalue weighted by Crippen LogP contribution is 1.97. The first-order chi connectivity index (χ1) is 6.00. The highest BCUT2D eigenvalue weighted by atomic mass is 13.8. The molecule has 0 bridgehead atoms. The van der Waals surface area contributed by atoms with E-state index < -0.39 is 0 Å². The predicted molar refractivity (Wildman–Crippen MR) is 53.7 cm³/mol. The average molecular weight is 159 g/mol. The lowest BCUT2D eigenvalue weighted by Gasteiger charge is -1.87. The van der Waals surface area contributed by atoms with Crippen LogP contribution in [-0.2, 0) is 0 Å². The molecule has 12 heavy (non-hydrogen) atoms. The molecule has 0 heterocycles. The van der Waals surface area contributed by atoms with Crippen LogP contribution < -0.4 is 0 Å². The lowest BCUT2D eigenvalue weighted by Crippen LogP contribution is -1.67. The van der Waals surface area contributed by atoms with Gasteiger partial charge in [0.1, 0.15) is 0 Å². The van der Waals surface area contributed by atoms with Crippen LogP contribution in [0.3, 0.4) is 0 Å². The molecule has 0 aromatic carbocycles. The Balaban J connectivity index is 2.41. The summed E-state index contributed by atoms with van der Waals surface area (Å²) in [5, 5.41) is 0. The number of allylic oxidation sites excluding steroid dienone is 8. The Morgan fingerprint density at radius 1 is 0.833 bits per heavy atom. The quantitative estimate of drug-likeness (QED) is 0.474. The maximum atomic E-state index is 3.22.